The molecule has 0 amide bonds. The van der Waals surface area contributed by atoms with Crippen LogP contribution < -0.4 is 0 Å². The molecule has 0 radical (unpaired) electrons. The summed E-state index contributed by atoms with van der Waals surface area (Å²) in [6.07, 6.45) is 0. The first-order valence-corrected chi connectivity index (χ1v) is 4.99. The van der Waals surface area contributed by atoms with Crippen LogP contribution in [0.2, 0.25) is 0 Å². The van der Waals surface area contributed by atoms with E-state index in [0.717, 1.165) is 19.6 Å². The molecule has 0 aromatic heterocycles. The highest BCUT2D eigenvalue weighted by Gasteiger charge is 2.39. The van der Waals surface area contributed by atoms with Gasteiger partial charge in [0.15, 0.2) is 0 Å². The molecule has 0 saturated carbocycles. The van der Waals surface area contributed by atoms with Crippen molar-refractivity contribution in [1.82, 2.24) is 4.90 Å². The van der Waals surface area contributed by atoms with Crippen molar-refractivity contribution in [3.63, 3.8) is 0 Å². The number of carboxylic acid groups (broad SMARTS) is 1. The van der Waals surface area contributed by atoms with Crippen LogP contribution in [0.15, 0.2) is 0 Å². The third-order valence-corrected chi connectivity index (χ3v) is 2.28. The molecule has 1 heterocycles. The van der Waals surface area contributed by atoms with Gasteiger partial charge in [0.1, 0.15) is 6.61 Å². The monoisotopic (exact) mass is 201 g/mol. The maximum absolute atomic E-state index is 10.3. The molecule has 82 valence electrons. The Hall–Kier alpha value is -0.610. The zero-order chi connectivity index (χ0) is 10.8. The van der Waals surface area contributed by atoms with Crippen molar-refractivity contribution in [2.24, 2.45) is 5.92 Å². The largest absolute Gasteiger partial charge is 0.480 e. The van der Waals surface area contributed by atoms with Crippen molar-refractivity contribution in [2.45, 2.75) is 26.4 Å². The van der Waals surface area contributed by atoms with Crippen LogP contribution in [-0.2, 0) is 9.53 Å². The lowest BCUT2D eigenvalue weighted by Gasteiger charge is -2.48. The number of nitrogens with zero attached hydrogens (tertiary/aromatic N) is 1. The molecule has 1 aliphatic rings. The van der Waals surface area contributed by atoms with E-state index in [-0.39, 0.29) is 12.2 Å². The van der Waals surface area contributed by atoms with E-state index < -0.39 is 5.97 Å². The Morgan fingerprint density at radius 2 is 2.14 bits per heavy atom. The van der Waals surface area contributed by atoms with Gasteiger partial charge in [0.25, 0.3) is 0 Å². The molecule has 0 unspecified atom stereocenters. The molecule has 4 heteroatoms. The molecule has 1 fully saturated rings. The van der Waals surface area contributed by atoms with Gasteiger partial charge in [-0.1, -0.05) is 13.8 Å². The second-order valence-electron chi connectivity index (χ2n) is 4.70. The smallest absolute Gasteiger partial charge is 0.329 e. The van der Waals surface area contributed by atoms with Crippen molar-refractivity contribution < 1.29 is 14.6 Å². The number of carbonyl (C=O) groups is 1. The Labute approximate surface area is 84.8 Å². The van der Waals surface area contributed by atoms with E-state index in [1.807, 2.05) is 6.92 Å². The second-order valence-corrected chi connectivity index (χ2v) is 4.70. The minimum absolute atomic E-state index is 0.188. The van der Waals surface area contributed by atoms with Crippen LogP contribution >= 0.6 is 0 Å². The number of rotatable bonds is 5. The van der Waals surface area contributed by atoms with Gasteiger partial charge in [-0.25, -0.2) is 4.79 Å². The van der Waals surface area contributed by atoms with E-state index in [1.165, 1.54) is 0 Å². The van der Waals surface area contributed by atoms with Crippen LogP contribution in [0.25, 0.3) is 0 Å². The third-order valence-electron chi connectivity index (χ3n) is 2.28. The first-order chi connectivity index (χ1) is 6.41. The lowest BCUT2D eigenvalue weighted by atomic mass is 9.95. The summed E-state index contributed by atoms with van der Waals surface area (Å²) in [7, 11) is 0. The van der Waals surface area contributed by atoms with Crippen LogP contribution in [0.4, 0.5) is 0 Å². The lowest BCUT2D eigenvalue weighted by Crippen LogP contribution is -2.62. The van der Waals surface area contributed by atoms with E-state index in [4.69, 9.17) is 9.84 Å². The lowest BCUT2D eigenvalue weighted by molar-refractivity contribution is -0.165. The molecule has 1 saturated heterocycles. The highest BCUT2D eigenvalue weighted by Crippen LogP contribution is 2.25. The first-order valence-electron chi connectivity index (χ1n) is 4.99. The highest BCUT2D eigenvalue weighted by molar-refractivity contribution is 5.68. The summed E-state index contributed by atoms with van der Waals surface area (Å²) in [6.45, 7) is 8.88. The fourth-order valence-corrected chi connectivity index (χ4v) is 1.87. The Morgan fingerprint density at radius 1 is 1.57 bits per heavy atom. The number of hydrogen-bond acceptors (Lipinski definition) is 3. The van der Waals surface area contributed by atoms with Gasteiger partial charge in [-0.15, -0.1) is 0 Å². The molecule has 0 aromatic carbocycles. The number of likely N-dealkylation sites (tertiary alicyclic amines) is 1. The minimum Gasteiger partial charge on any atom is -0.480 e. The van der Waals surface area contributed by atoms with Gasteiger partial charge in [-0.2, -0.15) is 0 Å². The predicted molar refractivity (Wildman–Crippen MR) is 53.3 cm³/mol. The molecule has 4 nitrogen and oxygen atoms in total. The highest BCUT2D eigenvalue weighted by atomic mass is 16.5. The second kappa shape index (κ2) is 4.28. The standard InChI is InChI=1S/C10H19NO3/c1-8(2)4-11-6-10(3,7-11)14-5-9(12)13/h8H,4-7H2,1-3H3,(H,12,13). The van der Waals surface area contributed by atoms with E-state index in [2.05, 4.69) is 18.7 Å². The van der Waals surface area contributed by atoms with Gasteiger partial charge in [-0.3, -0.25) is 4.90 Å². The average Bonchev–Trinajstić information content (AvgIpc) is 1.97. The summed E-state index contributed by atoms with van der Waals surface area (Å²) >= 11 is 0. The van der Waals surface area contributed by atoms with Crippen LogP contribution in [0.3, 0.4) is 0 Å². The molecule has 0 bridgehead atoms. The topological polar surface area (TPSA) is 49.8 Å². The van der Waals surface area contributed by atoms with Crippen LogP contribution in [0.5, 0.6) is 0 Å². The molecular formula is C10H19NO3. The first kappa shape index (κ1) is 11.5. The Morgan fingerprint density at radius 3 is 2.57 bits per heavy atom. The van der Waals surface area contributed by atoms with Crippen LogP contribution in [-0.4, -0.2) is 47.8 Å². The van der Waals surface area contributed by atoms with Gasteiger partial charge >= 0.3 is 5.97 Å². The van der Waals surface area contributed by atoms with Crippen molar-refractivity contribution in [1.29, 1.82) is 0 Å². The molecule has 0 spiro atoms. The van der Waals surface area contributed by atoms with E-state index in [9.17, 15) is 4.79 Å². The zero-order valence-corrected chi connectivity index (χ0v) is 9.12. The number of aliphatic carboxylic acids is 1. The van der Waals surface area contributed by atoms with Gasteiger partial charge in [0.2, 0.25) is 0 Å². The quantitative estimate of drug-likeness (QED) is 0.715. The third kappa shape index (κ3) is 3.27. The molecule has 1 N–H and O–H groups in total. The van der Waals surface area contributed by atoms with Gasteiger partial charge < -0.3 is 9.84 Å². The molecule has 0 atom stereocenters. The normalized spacial score (nSPS) is 20.9. The fraction of sp³-hybridized carbons (Fsp3) is 0.900. The van der Waals surface area contributed by atoms with Crippen molar-refractivity contribution in [3.8, 4) is 0 Å². The maximum atomic E-state index is 10.3. The summed E-state index contributed by atoms with van der Waals surface area (Å²) in [5, 5.41) is 8.47. The Bertz CT molecular complexity index is 209. The molecule has 14 heavy (non-hydrogen) atoms. The number of carboxylic acids is 1. The Kier molecular flexibility index (Phi) is 3.50. The van der Waals surface area contributed by atoms with Crippen LogP contribution in [0.1, 0.15) is 20.8 Å². The minimum atomic E-state index is -0.895. The number of ether oxygens (including phenoxy) is 1. The number of hydrogen-bond donors (Lipinski definition) is 1. The maximum Gasteiger partial charge on any atom is 0.329 e. The van der Waals surface area contributed by atoms with Crippen molar-refractivity contribution >= 4 is 5.97 Å². The molecular weight excluding hydrogens is 182 g/mol. The zero-order valence-electron chi connectivity index (χ0n) is 9.12. The SMILES string of the molecule is CC(C)CN1CC(C)(OCC(=O)O)C1. The molecule has 1 aliphatic heterocycles. The predicted octanol–water partition coefficient (Wildman–Crippen LogP) is 0.818. The van der Waals surface area contributed by atoms with Crippen LogP contribution in [0, 0.1) is 5.92 Å². The molecule has 0 aliphatic carbocycles. The average molecular weight is 201 g/mol. The van der Waals surface area contributed by atoms with E-state index in [0.29, 0.717) is 5.92 Å². The van der Waals surface area contributed by atoms with E-state index in [1.54, 1.807) is 0 Å². The summed E-state index contributed by atoms with van der Waals surface area (Å²) in [4.78, 5) is 12.6. The molecule has 0 aromatic rings. The molecule has 1 rings (SSSR count). The summed E-state index contributed by atoms with van der Waals surface area (Å²) in [6, 6.07) is 0. The van der Waals surface area contributed by atoms with Crippen molar-refractivity contribution in [2.75, 3.05) is 26.2 Å². The summed E-state index contributed by atoms with van der Waals surface area (Å²) in [5.74, 6) is -0.243. The van der Waals surface area contributed by atoms with Crippen molar-refractivity contribution in [3.05, 3.63) is 0 Å². The van der Waals surface area contributed by atoms with Gasteiger partial charge in [-0.05, 0) is 12.8 Å². The Balaban J connectivity index is 2.20. The van der Waals surface area contributed by atoms with Gasteiger partial charge in [0.05, 0.1) is 5.60 Å². The van der Waals surface area contributed by atoms with E-state index >= 15 is 0 Å². The summed E-state index contributed by atoms with van der Waals surface area (Å²) in [5.41, 5.74) is -0.243. The summed E-state index contributed by atoms with van der Waals surface area (Å²) < 4.78 is 5.30. The van der Waals surface area contributed by atoms with Gasteiger partial charge in [0, 0.05) is 19.6 Å². The fourth-order valence-electron chi connectivity index (χ4n) is 1.87.